The van der Waals surface area contributed by atoms with Crippen molar-refractivity contribution in [3.63, 3.8) is 0 Å². The van der Waals surface area contributed by atoms with E-state index in [1.165, 1.54) is 11.8 Å². The second-order valence-corrected chi connectivity index (χ2v) is 7.99. The van der Waals surface area contributed by atoms with Crippen LogP contribution in [0.2, 0.25) is 5.02 Å². The van der Waals surface area contributed by atoms with Crippen LogP contribution in [0.25, 0.3) is 0 Å². The SMILES string of the molecule is Cc1nnc2n1N[C@H](c1ccc(Cl)cc1)[C@@H](C(=O)NC[C@@H]1CCCO1)S2. The zero-order chi connectivity index (χ0) is 18.1. The van der Waals surface area contributed by atoms with E-state index in [1.807, 2.05) is 35.9 Å². The van der Waals surface area contributed by atoms with Gasteiger partial charge in [0.2, 0.25) is 11.1 Å². The molecule has 9 heteroatoms. The van der Waals surface area contributed by atoms with E-state index in [0.29, 0.717) is 16.7 Å². The number of ether oxygens (including phenoxy) is 1. The summed E-state index contributed by atoms with van der Waals surface area (Å²) in [7, 11) is 0. The van der Waals surface area contributed by atoms with Crippen LogP contribution >= 0.6 is 23.4 Å². The van der Waals surface area contributed by atoms with Crippen molar-refractivity contribution < 1.29 is 9.53 Å². The molecule has 3 atom stereocenters. The molecule has 2 aromatic rings. The first-order valence-corrected chi connectivity index (χ1v) is 9.87. The van der Waals surface area contributed by atoms with Crippen LogP contribution in [0.1, 0.15) is 30.3 Å². The van der Waals surface area contributed by atoms with E-state index in [9.17, 15) is 4.79 Å². The second-order valence-electron chi connectivity index (χ2n) is 6.44. The van der Waals surface area contributed by atoms with Gasteiger partial charge in [-0.05, 0) is 37.5 Å². The van der Waals surface area contributed by atoms with E-state index in [2.05, 4.69) is 20.9 Å². The van der Waals surface area contributed by atoms with Crippen molar-refractivity contribution in [2.24, 2.45) is 0 Å². The standard InChI is InChI=1S/C17H20ClN5O2S/c1-10-20-21-17-23(10)22-14(11-4-6-12(18)7-5-11)15(26-17)16(24)19-9-13-3-2-8-25-13/h4-7,13-15,22H,2-3,8-9H2,1H3,(H,19,24)/t13-,14+,15-/m0/s1. The smallest absolute Gasteiger partial charge is 0.236 e. The van der Waals surface area contributed by atoms with Crippen molar-refractivity contribution in [2.75, 3.05) is 18.6 Å². The van der Waals surface area contributed by atoms with Crippen LogP contribution in [0.15, 0.2) is 29.4 Å². The van der Waals surface area contributed by atoms with Gasteiger partial charge in [-0.25, -0.2) is 4.68 Å². The van der Waals surface area contributed by atoms with Gasteiger partial charge in [0.1, 0.15) is 11.1 Å². The Balaban J connectivity index is 1.56. The molecule has 138 valence electrons. The minimum Gasteiger partial charge on any atom is -0.376 e. The Kier molecular flexibility index (Phi) is 5.06. The van der Waals surface area contributed by atoms with E-state index >= 15 is 0 Å². The minimum absolute atomic E-state index is 0.0372. The number of aromatic nitrogens is 3. The number of halogens is 1. The Morgan fingerprint density at radius 3 is 2.96 bits per heavy atom. The van der Waals surface area contributed by atoms with Gasteiger partial charge in [-0.15, -0.1) is 10.2 Å². The van der Waals surface area contributed by atoms with Crippen LogP contribution < -0.4 is 10.7 Å². The van der Waals surface area contributed by atoms with Gasteiger partial charge in [0.05, 0.1) is 12.1 Å². The topological polar surface area (TPSA) is 81.1 Å². The summed E-state index contributed by atoms with van der Waals surface area (Å²) in [6, 6.07) is 7.32. The van der Waals surface area contributed by atoms with Gasteiger partial charge in [0.25, 0.3) is 0 Å². The maximum Gasteiger partial charge on any atom is 0.236 e. The van der Waals surface area contributed by atoms with Gasteiger partial charge in [-0.1, -0.05) is 35.5 Å². The normalized spacial score (nSPS) is 24.8. The van der Waals surface area contributed by atoms with E-state index in [4.69, 9.17) is 16.3 Å². The molecule has 2 aliphatic heterocycles. The number of aryl methyl sites for hydroxylation is 1. The van der Waals surface area contributed by atoms with Crippen LogP contribution in [0.5, 0.6) is 0 Å². The molecule has 2 aliphatic rings. The number of hydrogen-bond acceptors (Lipinski definition) is 6. The highest BCUT2D eigenvalue weighted by molar-refractivity contribution is 8.00. The third kappa shape index (κ3) is 3.54. The van der Waals surface area contributed by atoms with Crippen molar-refractivity contribution in [3.8, 4) is 0 Å². The largest absolute Gasteiger partial charge is 0.376 e. The van der Waals surface area contributed by atoms with Crippen LogP contribution in [0, 0.1) is 6.92 Å². The summed E-state index contributed by atoms with van der Waals surface area (Å²) in [5.74, 6) is 0.717. The Labute approximate surface area is 160 Å². The molecule has 1 aromatic heterocycles. The first-order chi connectivity index (χ1) is 12.6. The number of thioether (sulfide) groups is 1. The maximum absolute atomic E-state index is 12.9. The monoisotopic (exact) mass is 393 g/mol. The molecular weight excluding hydrogens is 374 g/mol. The van der Waals surface area contributed by atoms with Crippen molar-refractivity contribution in [1.82, 2.24) is 20.2 Å². The molecule has 2 N–H and O–H groups in total. The molecule has 1 aromatic carbocycles. The maximum atomic E-state index is 12.9. The summed E-state index contributed by atoms with van der Waals surface area (Å²) >= 11 is 7.43. The lowest BCUT2D eigenvalue weighted by atomic mass is 10.0. The molecule has 0 saturated carbocycles. The number of carbonyl (C=O) groups is 1. The molecule has 1 fully saturated rings. The number of hydrogen-bond donors (Lipinski definition) is 2. The van der Waals surface area contributed by atoms with Crippen molar-refractivity contribution >= 4 is 29.3 Å². The molecule has 0 radical (unpaired) electrons. The zero-order valence-electron chi connectivity index (χ0n) is 14.3. The summed E-state index contributed by atoms with van der Waals surface area (Å²) in [5.41, 5.74) is 4.36. The zero-order valence-corrected chi connectivity index (χ0v) is 15.9. The number of nitrogens with zero attached hydrogens (tertiary/aromatic N) is 3. The summed E-state index contributed by atoms with van der Waals surface area (Å²) in [6.07, 6.45) is 2.15. The number of rotatable bonds is 4. The molecule has 26 heavy (non-hydrogen) atoms. The van der Waals surface area contributed by atoms with Crippen LogP contribution in [0.4, 0.5) is 0 Å². The Morgan fingerprint density at radius 1 is 1.42 bits per heavy atom. The summed E-state index contributed by atoms with van der Waals surface area (Å²) in [6.45, 7) is 3.19. The number of amides is 1. The first-order valence-electron chi connectivity index (χ1n) is 8.62. The highest BCUT2D eigenvalue weighted by atomic mass is 35.5. The first kappa shape index (κ1) is 17.6. The van der Waals surface area contributed by atoms with Gasteiger partial charge in [0, 0.05) is 18.2 Å². The van der Waals surface area contributed by atoms with Gasteiger partial charge in [-0.3, -0.25) is 4.79 Å². The molecule has 1 saturated heterocycles. The predicted octanol–water partition coefficient (Wildman–Crippen LogP) is 2.29. The third-order valence-corrected chi connectivity index (χ3v) is 6.08. The van der Waals surface area contributed by atoms with E-state index < -0.39 is 0 Å². The molecule has 1 amide bonds. The van der Waals surface area contributed by atoms with E-state index in [0.717, 1.165) is 30.8 Å². The molecular formula is C17H20ClN5O2S. The molecule has 3 heterocycles. The lowest BCUT2D eigenvalue weighted by Gasteiger charge is -2.33. The third-order valence-electron chi connectivity index (χ3n) is 4.61. The van der Waals surface area contributed by atoms with Crippen LogP contribution in [-0.4, -0.2) is 45.3 Å². The summed E-state index contributed by atoms with van der Waals surface area (Å²) in [5, 5.41) is 12.3. The highest BCUT2D eigenvalue weighted by Crippen LogP contribution is 2.37. The molecule has 4 rings (SSSR count). The average molecular weight is 394 g/mol. The Bertz CT molecular complexity index is 791. The predicted molar refractivity (Wildman–Crippen MR) is 99.9 cm³/mol. The van der Waals surface area contributed by atoms with Crippen molar-refractivity contribution in [2.45, 2.75) is 42.3 Å². The quantitative estimate of drug-likeness (QED) is 0.829. The Hall–Kier alpha value is -1.77. The van der Waals surface area contributed by atoms with E-state index in [-0.39, 0.29) is 23.3 Å². The molecule has 0 bridgehead atoms. The molecule has 0 unspecified atom stereocenters. The molecule has 7 nitrogen and oxygen atoms in total. The van der Waals surface area contributed by atoms with Gasteiger partial charge in [0.15, 0.2) is 0 Å². The van der Waals surface area contributed by atoms with Gasteiger partial charge >= 0.3 is 0 Å². The summed E-state index contributed by atoms with van der Waals surface area (Å²) < 4.78 is 7.42. The number of carbonyl (C=O) groups excluding carboxylic acids is 1. The van der Waals surface area contributed by atoms with Crippen LogP contribution in [0.3, 0.4) is 0 Å². The lowest BCUT2D eigenvalue weighted by Crippen LogP contribution is -2.45. The Morgan fingerprint density at radius 2 is 2.23 bits per heavy atom. The molecule has 0 spiro atoms. The van der Waals surface area contributed by atoms with E-state index in [1.54, 1.807) is 0 Å². The fourth-order valence-corrected chi connectivity index (χ4v) is 4.48. The number of benzene rings is 1. The van der Waals surface area contributed by atoms with Gasteiger partial charge in [-0.2, -0.15) is 0 Å². The second kappa shape index (κ2) is 7.46. The fraction of sp³-hybridized carbons (Fsp3) is 0.471. The fourth-order valence-electron chi connectivity index (χ4n) is 3.20. The van der Waals surface area contributed by atoms with Crippen LogP contribution in [-0.2, 0) is 9.53 Å². The minimum atomic E-state index is -0.367. The van der Waals surface area contributed by atoms with Crippen molar-refractivity contribution in [3.05, 3.63) is 40.7 Å². The lowest BCUT2D eigenvalue weighted by molar-refractivity contribution is -0.121. The highest BCUT2D eigenvalue weighted by Gasteiger charge is 2.37. The molecule has 0 aliphatic carbocycles. The van der Waals surface area contributed by atoms with Crippen molar-refractivity contribution in [1.29, 1.82) is 0 Å². The van der Waals surface area contributed by atoms with Gasteiger partial charge < -0.3 is 15.5 Å². The number of fused-ring (bicyclic) bond motifs is 1. The average Bonchev–Trinajstić information content (AvgIpc) is 3.29. The summed E-state index contributed by atoms with van der Waals surface area (Å²) in [4.78, 5) is 12.9. The number of nitrogens with one attached hydrogen (secondary N) is 2.